The van der Waals surface area contributed by atoms with Gasteiger partial charge in [0.15, 0.2) is 45.5 Å². The zero-order chi connectivity index (χ0) is 108. The van der Waals surface area contributed by atoms with Crippen LogP contribution in [0, 0.1) is 55.7 Å². The number of hydrogen-bond acceptors (Lipinski definition) is 31. The van der Waals surface area contributed by atoms with Gasteiger partial charge in [0, 0.05) is 95.0 Å². The fourth-order valence-corrected chi connectivity index (χ4v) is 47.6. The van der Waals surface area contributed by atoms with Crippen molar-refractivity contribution in [1.29, 1.82) is 0 Å². The predicted molar refractivity (Wildman–Crippen MR) is 563 cm³/mol. The molecule has 830 valence electrons. The van der Waals surface area contributed by atoms with Gasteiger partial charge in [-0.3, -0.25) is 33.6 Å². The van der Waals surface area contributed by atoms with E-state index in [0.717, 1.165) is 56.7 Å². The Balaban J connectivity index is 1.13. The first kappa shape index (κ1) is 130. The molecule has 4 aliphatic rings. The molecule has 10 atom stereocenters. The van der Waals surface area contributed by atoms with E-state index in [1.807, 2.05) is 6.92 Å². The van der Waals surface area contributed by atoms with E-state index < -0.39 is 140 Å². The molecule has 4 fully saturated rings. The van der Waals surface area contributed by atoms with Gasteiger partial charge < -0.3 is 109 Å². The Hall–Kier alpha value is -6.50. The highest BCUT2D eigenvalue weighted by Crippen LogP contribution is 2.53. The van der Waals surface area contributed by atoms with Crippen molar-refractivity contribution in [3.8, 4) is 0 Å². The maximum absolute atomic E-state index is 14.0. The molecule has 4 rings (SSSR count). The van der Waals surface area contributed by atoms with Gasteiger partial charge in [-0.15, -0.1) is 0 Å². The Bertz CT molecular complexity index is 4010. The number of carbonyl (C=O) groups is 12. The van der Waals surface area contributed by atoms with Crippen molar-refractivity contribution in [3.05, 3.63) is 25.3 Å². The number of nitrogens with one attached hydrogen (secondary N) is 4. The second kappa shape index (κ2) is 60.5. The zero-order valence-electron chi connectivity index (χ0n) is 92.9. The minimum absolute atomic E-state index is 0.00258. The first-order valence-electron chi connectivity index (χ1n) is 52.4. The molecule has 35 nitrogen and oxygen atoms in total. The summed E-state index contributed by atoms with van der Waals surface area (Å²) in [5.41, 5.74) is -2.49. The van der Waals surface area contributed by atoms with Gasteiger partial charge in [-0.2, -0.15) is 0 Å². The molecule has 4 amide bonds. The fourth-order valence-electron chi connectivity index (χ4n) is 22.6. The average Bonchev–Trinajstić information content (AvgIpc) is 0.802. The third-order valence-electron chi connectivity index (χ3n) is 25.2. The summed E-state index contributed by atoms with van der Waals surface area (Å²) in [7, 11) is -12.9. The predicted octanol–water partition coefficient (Wildman–Crippen LogP) is 18.6. The SMILES string of the molecule is C=CC(=O)OCCCC(=O)NCC1(C)CC(CC(=O)OC(COCCC[Si](C)(O[Si](C)(C)C)O[Si](C)(C)C)COC(=O)NC2CC(C)(C)CC(C)(CCC(=O)OCCOCCOC(=O)CCCCC(=O)OCCOCCOC(=O)NCC3(C)CC(CC(=O)OCC(COCCC[Si](C)(O[Si](C)(C)C)O[Si](C)(C)C)OC(=O)NC4(C)CC(CCC(=O)OCCOC(=O)C=C)CC(C)(C)C4)CC(C)(C)C3)C2)CC(C)(C)C1. The van der Waals surface area contributed by atoms with Gasteiger partial charge >= 0.3 is 83.2 Å². The van der Waals surface area contributed by atoms with E-state index in [4.69, 9.17) is 87.5 Å². The first-order chi connectivity index (χ1) is 66.6. The molecule has 0 aromatic carbocycles. The number of alkyl carbamates (subject to hydrolysis) is 3. The highest BCUT2D eigenvalue weighted by molar-refractivity contribution is 6.88. The molecular formula is C103H188N4O31Si6. The largest absolute Gasteiger partial charge is 0.463 e. The van der Waals surface area contributed by atoms with Crippen LogP contribution in [0.1, 0.15) is 250 Å². The van der Waals surface area contributed by atoms with E-state index in [2.05, 4.69) is 202 Å². The number of amides is 4. The lowest BCUT2D eigenvalue weighted by atomic mass is 9.60. The highest BCUT2D eigenvalue weighted by Gasteiger charge is 2.49. The van der Waals surface area contributed by atoms with Gasteiger partial charge in [0.25, 0.3) is 0 Å². The maximum atomic E-state index is 14.0. The molecule has 0 saturated heterocycles. The number of esters is 8. The van der Waals surface area contributed by atoms with Gasteiger partial charge in [-0.05, 0) is 288 Å². The van der Waals surface area contributed by atoms with Crippen molar-refractivity contribution in [2.45, 2.75) is 378 Å². The summed E-state index contributed by atoms with van der Waals surface area (Å²) in [6.07, 6.45) is 11.1. The molecule has 0 heterocycles. The Morgan fingerprint density at radius 1 is 0.333 bits per heavy atom. The van der Waals surface area contributed by atoms with E-state index in [9.17, 15) is 57.5 Å². The van der Waals surface area contributed by atoms with Crippen LogP contribution in [0.4, 0.5) is 14.4 Å². The quantitative estimate of drug-likeness (QED) is 0.0144. The monoisotopic (exact) mass is 2150 g/mol. The van der Waals surface area contributed by atoms with Crippen LogP contribution in [0.3, 0.4) is 0 Å². The Morgan fingerprint density at radius 3 is 1.22 bits per heavy atom. The molecule has 0 aliphatic heterocycles. The second-order valence-electron chi connectivity index (χ2n) is 49.3. The number of ether oxygens (including phenoxy) is 15. The highest BCUT2D eigenvalue weighted by atomic mass is 28.5. The normalized spacial score (nSPS) is 22.5. The number of carbonyl (C=O) groups excluding carboxylic acids is 12. The van der Waals surface area contributed by atoms with Crippen molar-refractivity contribution >= 4 is 122 Å². The summed E-state index contributed by atoms with van der Waals surface area (Å²) in [6, 6.07) is 1.14. The smallest absolute Gasteiger partial charge is 0.408 e. The maximum Gasteiger partial charge on any atom is 0.408 e. The summed E-state index contributed by atoms with van der Waals surface area (Å²) in [5.74, 6) is -3.97. The van der Waals surface area contributed by atoms with Crippen molar-refractivity contribution in [2.75, 3.05) is 125 Å². The second-order valence-corrected chi connectivity index (χ2v) is 75.0. The van der Waals surface area contributed by atoms with Crippen molar-refractivity contribution < 1.29 is 145 Å². The first-order valence-corrected chi connectivity index (χ1v) is 71.0. The number of hydrogen-bond donors (Lipinski definition) is 4. The fraction of sp³-hybridized carbons (Fsp3) is 0.845. The van der Waals surface area contributed by atoms with Crippen LogP contribution in [-0.4, -0.2) is 272 Å². The molecule has 4 N–H and O–H groups in total. The molecule has 0 radical (unpaired) electrons. The molecule has 4 saturated carbocycles. The third kappa shape index (κ3) is 59.8. The number of unbranched alkanes of at least 4 members (excludes halogenated alkanes) is 1. The van der Waals surface area contributed by atoms with Gasteiger partial charge in [-0.25, -0.2) is 24.0 Å². The lowest BCUT2D eigenvalue weighted by molar-refractivity contribution is -0.157. The topological polar surface area (TPSA) is 428 Å². The minimum Gasteiger partial charge on any atom is -0.463 e. The molecule has 144 heavy (non-hydrogen) atoms. The summed E-state index contributed by atoms with van der Waals surface area (Å²) in [6.45, 7) is 63.4. The van der Waals surface area contributed by atoms with Gasteiger partial charge in [-0.1, -0.05) is 89.3 Å². The van der Waals surface area contributed by atoms with Crippen LogP contribution in [0.5, 0.6) is 0 Å². The van der Waals surface area contributed by atoms with Crippen LogP contribution in [0.15, 0.2) is 25.3 Å². The van der Waals surface area contributed by atoms with Crippen LogP contribution >= 0.6 is 0 Å². The molecule has 0 aromatic rings. The lowest BCUT2D eigenvalue weighted by Crippen LogP contribution is -2.54. The van der Waals surface area contributed by atoms with Crippen molar-refractivity contribution in [3.63, 3.8) is 0 Å². The lowest BCUT2D eigenvalue weighted by Gasteiger charge is -2.47. The average molecular weight is 2150 g/mol. The van der Waals surface area contributed by atoms with Crippen LogP contribution < -0.4 is 21.3 Å². The number of rotatable bonds is 68. The van der Waals surface area contributed by atoms with Crippen molar-refractivity contribution in [1.82, 2.24) is 21.3 Å². The summed E-state index contributed by atoms with van der Waals surface area (Å²) in [4.78, 5) is 155. The van der Waals surface area contributed by atoms with Gasteiger partial charge in [0.2, 0.25) is 5.91 Å². The van der Waals surface area contributed by atoms with Crippen molar-refractivity contribution in [2.24, 2.45) is 55.7 Å². The molecular weight excluding hydrogens is 1960 g/mol. The zero-order valence-corrected chi connectivity index (χ0v) is 98.9. The Labute approximate surface area is 867 Å². The molecule has 41 heteroatoms. The van der Waals surface area contributed by atoms with E-state index in [1.54, 1.807) is 0 Å². The van der Waals surface area contributed by atoms with Crippen LogP contribution in [0.2, 0.25) is 104 Å². The molecule has 4 aliphatic carbocycles. The third-order valence-corrected chi connectivity index (χ3v) is 44.5. The molecule has 0 bridgehead atoms. The van der Waals surface area contributed by atoms with Gasteiger partial charge in [0.1, 0.15) is 52.9 Å². The van der Waals surface area contributed by atoms with Gasteiger partial charge in [0.05, 0.1) is 46.2 Å². The van der Waals surface area contributed by atoms with Crippen LogP contribution in [0.25, 0.3) is 0 Å². The summed E-state index contributed by atoms with van der Waals surface area (Å²) >= 11 is 0. The van der Waals surface area contributed by atoms with E-state index in [0.29, 0.717) is 109 Å². The Morgan fingerprint density at radius 2 is 0.736 bits per heavy atom. The minimum atomic E-state index is -2.56. The molecule has 10 unspecified atom stereocenters. The molecule has 0 spiro atoms. The summed E-state index contributed by atoms with van der Waals surface area (Å²) < 4.78 is 111. The van der Waals surface area contributed by atoms with Crippen LogP contribution in [-0.2, 0) is 131 Å². The van der Waals surface area contributed by atoms with E-state index in [-0.39, 0.29) is 213 Å². The standard InChI is InChI=1S/C103H188N4O31Si6/c1-29-85(109)124-45-33-36-84(108)104-76-101(12)64-80(62-97(5,6)73-101)59-92(116)133-82(68-122-43-34-56-143(27,135-139(15,16)17)136-140(18,19)20)71-132-94(118)106-81-66-99(9,10)72-100(11,67-81)42-41-90(114)128-52-48-120-46-50-126-87(111)37-31-32-38-88(112)127-51-47-121-49-53-130-93(117)105-77-102(13)63-79(61-96(3,4)74-102)58-91(115)131-70-83(69-123-44-35-57-144(28,137-141(21,22)23)138-142(24,25)26)134-95(119)107-103(14)65-78(60-98(7,8)75-103)39-40-89(113)129-55-54-125-86(110)30-2/h29-30,78-83H,1-2,31-77H2,3-28H3,(H,104,108)(H,105,117)(H,106,118)(H,107,119). The summed E-state index contributed by atoms with van der Waals surface area (Å²) in [5, 5.41) is 12.2. The molecule has 0 aromatic heterocycles. The van der Waals surface area contributed by atoms with E-state index in [1.165, 1.54) is 0 Å². The Kier molecular flexibility index (Phi) is 54.5. The van der Waals surface area contributed by atoms with E-state index >= 15 is 0 Å².